The minimum Gasteiger partial charge on any atom is -0.399 e. The van der Waals surface area contributed by atoms with Crippen LogP contribution in [-0.4, -0.2) is 49.1 Å². The van der Waals surface area contributed by atoms with Crippen LogP contribution in [-0.2, 0) is 14.6 Å². The number of nitrogens with two attached hydrogens (primary N) is 1. The SMILES string of the molecule is CCN(C(=O)CSc1cccc(N)c1)C1CCS(=O)(=O)C1. The van der Waals surface area contributed by atoms with E-state index in [1.54, 1.807) is 11.0 Å². The highest BCUT2D eigenvalue weighted by atomic mass is 32.2. The summed E-state index contributed by atoms with van der Waals surface area (Å²) < 4.78 is 23.1. The fourth-order valence-electron chi connectivity index (χ4n) is 2.49. The van der Waals surface area contributed by atoms with E-state index in [0.717, 1.165) is 4.90 Å². The van der Waals surface area contributed by atoms with Gasteiger partial charge in [-0.15, -0.1) is 11.8 Å². The summed E-state index contributed by atoms with van der Waals surface area (Å²) in [5.74, 6) is 0.555. The molecule has 0 aromatic heterocycles. The Morgan fingerprint density at radius 1 is 1.48 bits per heavy atom. The molecule has 1 saturated heterocycles. The van der Waals surface area contributed by atoms with Gasteiger partial charge in [0.05, 0.1) is 17.3 Å². The van der Waals surface area contributed by atoms with Crippen molar-refractivity contribution in [3.8, 4) is 0 Å². The summed E-state index contributed by atoms with van der Waals surface area (Å²) in [5, 5.41) is 0. The lowest BCUT2D eigenvalue weighted by atomic mass is 10.2. The molecule has 0 saturated carbocycles. The van der Waals surface area contributed by atoms with Gasteiger partial charge >= 0.3 is 0 Å². The number of amides is 1. The van der Waals surface area contributed by atoms with E-state index in [2.05, 4.69) is 0 Å². The number of hydrogen-bond donors (Lipinski definition) is 1. The van der Waals surface area contributed by atoms with Crippen LogP contribution in [0.15, 0.2) is 29.2 Å². The summed E-state index contributed by atoms with van der Waals surface area (Å²) in [6.07, 6.45) is 0.546. The molecule has 1 aliphatic heterocycles. The van der Waals surface area contributed by atoms with Crippen LogP contribution in [0, 0.1) is 0 Å². The molecular weight excluding hydrogens is 308 g/mol. The molecular formula is C14H20N2O3S2. The van der Waals surface area contributed by atoms with E-state index in [4.69, 9.17) is 5.73 Å². The average molecular weight is 328 g/mol. The van der Waals surface area contributed by atoms with E-state index in [1.165, 1.54) is 11.8 Å². The monoisotopic (exact) mass is 328 g/mol. The summed E-state index contributed by atoms with van der Waals surface area (Å²) in [6.45, 7) is 2.42. The third-order valence-corrected chi connectivity index (χ3v) is 6.26. The molecule has 21 heavy (non-hydrogen) atoms. The molecule has 7 heteroatoms. The van der Waals surface area contributed by atoms with Crippen LogP contribution >= 0.6 is 11.8 Å². The van der Waals surface area contributed by atoms with Crippen molar-refractivity contribution in [2.24, 2.45) is 0 Å². The Balaban J connectivity index is 1.95. The molecule has 2 rings (SSSR count). The summed E-state index contributed by atoms with van der Waals surface area (Å²) in [6, 6.07) is 7.21. The molecule has 1 amide bonds. The third-order valence-electron chi connectivity index (χ3n) is 3.53. The van der Waals surface area contributed by atoms with Crippen molar-refractivity contribution in [3.05, 3.63) is 24.3 Å². The molecule has 1 aromatic carbocycles. The van der Waals surface area contributed by atoms with Crippen LogP contribution in [0.25, 0.3) is 0 Å². The van der Waals surface area contributed by atoms with Crippen molar-refractivity contribution in [2.75, 3.05) is 29.5 Å². The first-order chi connectivity index (χ1) is 9.91. The molecule has 1 aliphatic rings. The summed E-state index contributed by atoms with van der Waals surface area (Å²) in [4.78, 5) is 14.9. The van der Waals surface area contributed by atoms with E-state index in [-0.39, 0.29) is 23.5 Å². The molecule has 0 spiro atoms. The quantitative estimate of drug-likeness (QED) is 0.653. The molecule has 1 heterocycles. The standard InChI is InChI=1S/C14H20N2O3S2/c1-2-16(12-6-7-21(18,19)10-12)14(17)9-20-13-5-3-4-11(15)8-13/h3-5,8,12H,2,6-7,9-10,15H2,1H3. The largest absolute Gasteiger partial charge is 0.399 e. The van der Waals surface area contributed by atoms with E-state index in [0.29, 0.717) is 24.4 Å². The second kappa shape index (κ2) is 6.70. The number of nitrogen functional groups attached to an aromatic ring is 1. The molecule has 0 aliphatic carbocycles. The van der Waals surface area contributed by atoms with Crippen molar-refractivity contribution in [2.45, 2.75) is 24.3 Å². The van der Waals surface area contributed by atoms with Crippen LogP contribution in [0.2, 0.25) is 0 Å². The first-order valence-corrected chi connectivity index (χ1v) is 9.70. The second-order valence-electron chi connectivity index (χ2n) is 5.10. The number of carbonyl (C=O) groups excluding carboxylic acids is 1. The van der Waals surface area contributed by atoms with Crippen molar-refractivity contribution in [1.29, 1.82) is 0 Å². The van der Waals surface area contributed by atoms with Crippen molar-refractivity contribution < 1.29 is 13.2 Å². The molecule has 1 aromatic rings. The fourth-order valence-corrected chi connectivity index (χ4v) is 5.07. The number of rotatable bonds is 5. The Labute approximate surface area is 129 Å². The zero-order valence-corrected chi connectivity index (χ0v) is 13.6. The topological polar surface area (TPSA) is 80.5 Å². The fraction of sp³-hybridized carbons (Fsp3) is 0.500. The highest BCUT2D eigenvalue weighted by molar-refractivity contribution is 8.00. The van der Waals surface area contributed by atoms with Gasteiger partial charge in [0, 0.05) is 23.2 Å². The van der Waals surface area contributed by atoms with Crippen LogP contribution in [0.4, 0.5) is 5.69 Å². The zero-order valence-electron chi connectivity index (χ0n) is 12.0. The lowest BCUT2D eigenvalue weighted by Crippen LogP contribution is -2.41. The Hall–Kier alpha value is -1.21. The van der Waals surface area contributed by atoms with Crippen molar-refractivity contribution in [3.63, 3.8) is 0 Å². The molecule has 116 valence electrons. The van der Waals surface area contributed by atoms with Gasteiger partial charge in [-0.2, -0.15) is 0 Å². The van der Waals surface area contributed by atoms with E-state index < -0.39 is 9.84 Å². The predicted octanol–water partition coefficient (Wildman–Crippen LogP) is 1.40. The summed E-state index contributed by atoms with van der Waals surface area (Å²) in [7, 11) is -2.97. The van der Waals surface area contributed by atoms with E-state index in [1.807, 2.05) is 25.1 Å². The maximum atomic E-state index is 12.3. The van der Waals surface area contributed by atoms with E-state index in [9.17, 15) is 13.2 Å². The Kier molecular flexibility index (Phi) is 5.16. The minimum absolute atomic E-state index is 0.0213. The van der Waals surface area contributed by atoms with Crippen LogP contribution < -0.4 is 5.73 Å². The first-order valence-electron chi connectivity index (χ1n) is 6.89. The lowest BCUT2D eigenvalue weighted by molar-refractivity contribution is -0.129. The Morgan fingerprint density at radius 3 is 2.81 bits per heavy atom. The van der Waals surface area contributed by atoms with E-state index >= 15 is 0 Å². The van der Waals surface area contributed by atoms with Gasteiger partial charge in [0.15, 0.2) is 9.84 Å². The maximum Gasteiger partial charge on any atom is 0.233 e. The van der Waals surface area contributed by atoms with Gasteiger partial charge in [0.1, 0.15) is 0 Å². The minimum atomic E-state index is -2.97. The van der Waals surface area contributed by atoms with Gasteiger partial charge in [-0.05, 0) is 31.5 Å². The third kappa shape index (κ3) is 4.38. The van der Waals surface area contributed by atoms with Crippen LogP contribution in [0.5, 0.6) is 0 Å². The highest BCUT2D eigenvalue weighted by Crippen LogP contribution is 2.23. The van der Waals surface area contributed by atoms with Crippen molar-refractivity contribution in [1.82, 2.24) is 4.90 Å². The number of carbonyl (C=O) groups is 1. The number of anilines is 1. The summed E-state index contributed by atoms with van der Waals surface area (Å²) in [5.41, 5.74) is 6.37. The van der Waals surface area contributed by atoms with Crippen molar-refractivity contribution >= 4 is 33.2 Å². The number of sulfone groups is 1. The second-order valence-corrected chi connectivity index (χ2v) is 8.38. The molecule has 0 radical (unpaired) electrons. The Morgan fingerprint density at radius 2 is 2.24 bits per heavy atom. The smallest absolute Gasteiger partial charge is 0.233 e. The van der Waals surface area contributed by atoms with Gasteiger partial charge < -0.3 is 10.6 Å². The highest BCUT2D eigenvalue weighted by Gasteiger charge is 2.33. The normalized spacial score (nSPS) is 20.3. The maximum absolute atomic E-state index is 12.3. The zero-order chi connectivity index (χ0) is 15.5. The number of nitrogens with zero attached hydrogens (tertiary/aromatic N) is 1. The number of thioether (sulfide) groups is 1. The Bertz CT molecular complexity index is 616. The van der Waals surface area contributed by atoms with Crippen LogP contribution in [0.3, 0.4) is 0 Å². The van der Waals surface area contributed by atoms with Crippen LogP contribution in [0.1, 0.15) is 13.3 Å². The van der Waals surface area contributed by atoms with Gasteiger partial charge in [0.2, 0.25) is 5.91 Å². The number of benzene rings is 1. The predicted molar refractivity (Wildman–Crippen MR) is 86.0 cm³/mol. The molecule has 1 fully saturated rings. The van der Waals surface area contributed by atoms with Gasteiger partial charge in [-0.25, -0.2) is 8.42 Å². The molecule has 2 N–H and O–H groups in total. The lowest BCUT2D eigenvalue weighted by Gasteiger charge is -2.26. The average Bonchev–Trinajstić information content (AvgIpc) is 2.77. The number of hydrogen-bond acceptors (Lipinski definition) is 5. The molecule has 5 nitrogen and oxygen atoms in total. The van der Waals surface area contributed by atoms with Gasteiger partial charge in [0.25, 0.3) is 0 Å². The molecule has 1 atom stereocenters. The first kappa shape index (κ1) is 16.2. The van der Waals surface area contributed by atoms with Gasteiger partial charge in [-0.1, -0.05) is 6.07 Å². The molecule has 0 bridgehead atoms. The summed E-state index contributed by atoms with van der Waals surface area (Å²) >= 11 is 1.42. The molecule has 1 unspecified atom stereocenters. The van der Waals surface area contributed by atoms with Gasteiger partial charge in [-0.3, -0.25) is 4.79 Å².